The summed E-state index contributed by atoms with van der Waals surface area (Å²) in [6, 6.07) is 12.8. The molecule has 6 heteroatoms. The number of ether oxygens (including phenoxy) is 1. The molecule has 3 aromatic rings. The van der Waals surface area contributed by atoms with E-state index in [1.54, 1.807) is 7.11 Å². The minimum absolute atomic E-state index is 0.0396. The van der Waals surface area contributed by atoms with Crippen molar-refractivity contribution >= 4 is 22.4 Å². The number of aryl methyl sites for hydroxylation is 1. The van der Waals surface area contributed by atoms with Gasteiger partial charge in [0.15, 0.2) is 0 Å². The second-order valence-electron chi connectivity index (χ2n) is 9.07. The molecule has 1 aromatic heterocycles. The molecule has 1 atom stereocenters. The molecule has 0 amide bonds. The number of nitrogens with zero attached hydrogens (tertiary/aromatic N) is 4. The molecule has 1 saturated heterocycles. The summed E-state index contributed by atoms with van der Waals surface area (Å²) < 4.78 is 5.59. The zero-order chi connectivity index (χ0) is 22.2. The first-order valence-electron chi connectivity index (χ1n) is 11.8. The quantitative estimate of drug-likeness (QED) is 0.617. The minimum Gasteiger partial charge on any atom is -0.495 e. The van der Waals surface area contributed by atoms with E-state index in [0.29, 0.717) is 5.92 Å². The molecule has 0 bridgehead atoms. The molecular weight excluding hydrogens is 398 g/mol. The third-order valence-electron chi connectivity index (χ3n) is 6.87. The topological polar surface area (TPSA) is 67.5 Å². The molecule has 1 unspecified atom stereocenters. The molecule has 2 heterocycles. The van der Waals surface area contributed by atoms with Crippen molar-refractivity contribution in [2.75, 3.05) is 43.1 Å². The lowest BCUT2D eigenvalue weighted by atomic mass is 9.97. The lowest BCUT2D eigenvalue weighted by Crippen LogP contribution is -2.47. The Hall–Kier alpha value is -2.86. The second kappa shape index (κ2) is 8.58. The summed E-state index contributed by atoms with van der Waals surface area (Å²) in [6.45, 7) is 7.97. The molecule has 1 aliphatic carbocycles. The van der Waals surface area contributed by atoms with Crippen molar-refractivity contribution in [1.29, 1.82) is 0 Å². The highest BCUT2D eigenvalue weighted by atomic mass is 16.5. The predicted molar refractivity (Wildman–Crippen MR) is 131 cm³/mol. The summed E-state index contributed by atoms with van der Waals surface area (Å²) in [5, 5.41) is 1.13. The first kappa shape index (κ1) is 21.0. The number of hydrogen-bond donors (Lipinski definition) is 1. The summed E-state index contributed by atoms with van der Waals surface area (Å²) in [7, 11) is 1.74. The molecule has 2 N–H and O–H groups in total. The van der Waals surface area contributed by atoms with Crippen molar-refractivity contribution in [2.24, 2.45) is 5.73 Å². The average molecular weight is 432 g/mol. The summed E-state index contributed by atoms with van der Waals surface area (Å²) in [5.41, 5.74) is 11.1. The van der Waals surface area contributed by atoms with Crippen molar-refractivity contribution < 1.29 is 4.74 Å². The van der Waals surface area contributed by atoms with Crippen LogP contribution in [0.5, 0.6) is 5.75 Å². The number of methoxy groups -OCH3 is 1. The number of rotatable bonds is 6. The maximum atomic E-state index is 6.44. The molecule has 0 radical (unpaired) electrons. The number of aromatic nitrogens is 2. The molecule has 1 aliphatic heterocycles. The van der Waals surface area contributed by atoms with Crippen LogP contribution >= 0.6 is 0 Å². The molecule has 2 fully saturated rings. The summed E-state index contributed by atoms with van der Waals surface area (Å²) in [6.07, 6.45) is 3.31. The number of hydrogen-bond acceptors (Lipinski definition) is 6. The van der Waals surface area contributed by atoms with E-state index < -0.39 is 0 Å². The highest BCUT2D eigenvalue weighted by molar-refractivity contribution is 5.91. The van der Waals surface area contributed by atoms with Gasteiger partial charge in [0.1, 0.15) is 17.4 Å². The van der Waals surface area contributed by atoms with Gasteiger partial charge in [-0.05, 0) is 61.6 Å². The smallest absolute Gasteiger partial charge is 0.142 e. The van der Waals surface area contributed by atoms with Gasteiger partial charge in [-0.25, -0.2) is 9.97 Å². The van der Waals surface area contributed by atoms with E-state index >= 15 is 0 Å². The molecule has 5 rings (SSSR count). The molecule has 168 valence electrons. The monoisotopic (exact) mass is 431 g/mol. The Balaban J connectivity index is 1.49. The summed E-state index contributed by atoms with van der Waals surface area (Å²) in [4.78, 5) is 14.9. The SMILES string of the molecule is CCC(N)c1cc2c(N3CCN(c4ccccc4OC)CC3)nc(C3CC3)nc2cc1C. The molecule has 1 saturated carbocycles. The Morgan fingerprint density at radius 2 is 1.78 bits per heavy atom. The van der Waals surface area contributed by atoms with E-state index in [-0.39, 0.29) is 6.04 Å². The van der Waals surface area contributed by atoms with Crippen LogP contribution in [0.4, 0.5) is 11.5 Å². The van der Waals surface area contributed by atoms with E-state index in [2.05, 4.69) is 47.9 Å². The van der Waals surface area contributed by atoms with Crippen LogP contribution in [0.25, 0.3) is 10.9 Å². The lowest BCUT2D eigenvalue weighted by molar-refractivity contribution is 0.413. The minimum atomic E-state index is 0.0396. The van der Waals surface area contributed by atoms with Gasteiger partial charge in [0, 0.05) is 43.5 Å². The Bertz CT molecular complexity index is 1120. The number of benzene rings is 2. The van der Waals surface area contributed by atoms with Gasteiger partial charge in [-0.2, -0.15) is 0 Å². The van der Waals surface area contributed by atoms with Gasteiger partial charge in [-0.3, -0.25) is 0 Å². The van der Waals surface area contributed by atoms with Gasteiger partial charge in [-0.15, -0.1) is 0 Å². The van der Waals surface area contributed by atoms with Crippen LogP contribution in [-0.2, 0) is 0 Å². The van der Waals surface area contributed by atoms with Crippen LogP contribution in [0.3, 0.4) is 0 Å². The maximum Gasteiger partial charge on any atom is 0.142 e. The molecule has 6 nitrogen and oxygen atoms in total. The molecule has 32 heavy (non-hydrogen) atoms. The fraction of sp³-hybridized carbons (Fsp3) is 0.462. The van der Waals surface area contributed by atoms with Crippen molar-refractivity contribution in [3.05, 3.63) is 53.3 Å². The van der Waals surface area contributed by atoms with Gasteiger partial charge < -0.3 is 20.3 Å². The highest BCUT2D eigenvalue weighted by Gasteiger charge is 2.30. The Morgan fingerprint density at radius 1 is 1.06 bits per heavy atom. The van der Waals surface area contributed by atoms with Crippen LogP contribution in [-0.4, -0.2) is 43.3 Å². The van der Waals surface area contributed by atoms with Crippen molar-refractivity contribution in [2.45, 2.75) is 45.1 Å². The van der Waals surface area contributed by atoms with Crippen molar-refractivity contribution in [1.82, 2.24) is 9.97 Å². The lowest BCUT2D eigenvalue weighted by Gasteiger charge is -2.37. The first-order valence-corrected chi connectivity index (χ1v) is 11.8. The van der Waals surface area contributed by atoms with E-state index in [4.69, 9.17) is 20.4 Å². The third kappa shape index (κ3) is 3.88. The fourth-order valence-electron chi connectivity index (χ4n) is 4.73. The standard InChI is InChI=1S/C26H33N5O/c1-4-21(27)19-16-20-22(15-17(19)2)28-25(18-9-10-18)29-26(20)31-13-11-30(12-14-31)23-7-5-6-8-24(23)32-3/h5-8,15-16,18,21H,4,9-14,27H2,1-3H3. The normalized spacial score (nSPS) is 17.6. The van der Waals surface area contributed by atoms with Gasteiger partial charge in [0.25, 0.3) is 0 Å². The third-order valence-corrected chi connectivity index (χ3v) is 6.87. The number of anilines is 2. The first-order chi connectivity index (χ1) is 15.6. The van der Waals surface area contributed by atoms with Gasteiger partial charge in [0.2, 0.25) is 0 Å². The van der Waals surface area contributed by atoms with Gasteiger partial charge in [0.05, 0.1) is 18.3 Å². The fourth-order valence-corrected chi connectivity index (χ4v) is 4.73. The van der Waals surface area contributed by atoms with Crippen LogP contribution in [0.15, 0.2) is 36.4 Å². The molecule has 0 spiro atoms. The Kier molecular flexibility index (Phi) is 5.64. The van der Waals surface area contributed by atoms with Gasteiger partial charge >= 0.3 is 0 Å². The Morgan fingerprint density at radius 3 is 2.47 bits per heavy atom. The van der Waals surface area contributed by atoms with E-state index in [0.717, 1.165) is 66.6 Å². The number of fused-ring (bicyclic) bond motifs is 1. The van der Waals surface area contributed by atoms with Crippen LogP contribution < -0.4 is 20.3 Å². The number of nitrogens with two attached hydrogens (primary N) is 1. The molecule has 2 aromatic carbocycles. The summed E-state index contributed by atoms with van der Waals surface area (Å²) >= 11 is 0. The number of para-hydroxylation sites is 2. The van der Waals surface area contributed by atoms with Crippen LogP contribution in [0, 0.1) is 6.92 Å². The zero-order valence-electron chi connectivity index (χ0n) is 19.3. The van der Waals surface area contributed by atoms with Crippen molar-refractivity contribution in [3.63, 3.8) is 0 Å². The maximum absolute atomic E-state index is 6.44. The van der Waals surface area contributed by atoms with Crippen molar-refractivity contribution in [3.8, 4) is 5.75 Å². The molecular formula is C26H33N5O. The largest absolute Gasteiger partial charge is 0.495 e. The average Bonchev–Trinajstić information content (AvgIpc) is 3.68. The van der Waals surface area contributed by atoms with E-state index in [1.165, 1.54) is 24.0 Å². The number of piperazine rings is 1. The van der Waals surface area contributed by atoms with E-state index in [1.807, 2.05) is 12.1 Å². The second-order valence-corrected chi connectivity index (χ2v) is 9.07. The predicted octanol–water partition coefficient (Wildman–Crippen LogP) is 4.56. The van der Waals surface area contributed by atoms with Crippen LogP contribution in [0.1, 0.15) is 55.1 Å². The van der Waals surface area contributed by atoms with E-state index in [9.17, 15) is 0 Å². The Labute approximate surface area is 190 Å². The zero-order valence-corrected chi connectivity index (χ0v) is 19.3. The highest BCUT2D eigenvalue weighted by Crippen LogP contribution is 2.41. The van der Waals surface area contributed by atoms with Crippen LogP contribution in [0.2, 0.25) is 0 Å². The van der Waals surface area contributed by atoms with Gasteiger partial charge in [-0.1, -0.05) is 19.1 Å². The molecule has 2 aliphatic rings. The summed E-state index contributed by atoms with van der Waals surface area (Å²) in [5.74, 6) is 3.52.